The highest BCUT2D eigenvalue weighted by Crippen LogP contribution is 2.20. The minimum atomic E-state index is -0.290. The zero-order valence-corrected chi connectivity index (χ0v) is 11.4. The first kappa shape index (κ1) is 13.2. The lowest BCUT2D eigenvalue weighted by Crippen LogP contribution is -2.43. The minimum absolute atomic E-state index is 0.290. The summed E-state index contributed by atoms with van der Waals surface area (Å²) in [4.78, 5) is 6.62. The highest BCUT2D eigenvalue weighted by atomic mass is 19.1. The van der Waals surface area contributed by atoms with Crippen LogP contribution in [0.25, 0.3) is 11.5 Å². The predicted molar refractivity (Wildman–Crippen MR) is 72.6 cm³/mol. The van der Waals surface area contributed by atoms with E-state index in [1.54, 1.807) is 0 Å². The lowest BCUT2D eigenvalue weighted by molar-refractivity contribution is 0.225. The highest BCUT2D eigenvalue weighted by molar-refractivity contribution is 5.54. The van der Waals surface area contributed by atoms with Gasteiger partial charge in [0.2, 0.25) is 0 Å². The summed E-state index contributed by atoms with van der Waals surface area (Å²) in [6.45, 7) is 6.41. The Kier molecular flexibility index (Phi) is 3.75. The summed E-state index contributed by atoms with van der Waals surface area (Å²) < 4.78 is 18.6. The molecule has 20 heavy (non-hydrogen) atoms. The van der Waals surface area contributed by atoms with Crippen molar-refractivity contribution in [3.8, 4) is 11.5 Å². The van der Waals surface area contributed by atoms with Gasteiger partial charge in [0.25, 0.3) is 5.89 Å². The van der Waals surface area contributed by atoms with Gasteiger partial charge in [0.15, 0.2) is 5.82 Å². The van der Waals surface area contributed by atoms with Gasteiger partial charge in [0.1, 0.15) is 5.82 Å². The van der Waals surface area contributed by atoms with Crippen molar-refractivity contribution < 1.29 is 8.91 Å². The minimum Gasteiger partial charge on any atom is -0.334 e. The van der Waals surface area contributed by atoms with Gasteiger partial charge in [-0.3, -0.25) is 4.90 Å². The first-order valence-electron chi connectivity index (χ1n) is 6.74. The molecule has 106 valence electrons. The van der Waals surface area contributed by atoms with E-state index in [1.165, 1.54) is 12.1 Å². The van der Waals surface area contributed by atoms with E-state index in [4.69, 9.17) is 4.52 Å². The summed E-state index contributed by atoms with van der Waals surface area (Å²) >= 11 is 0. The van der Waals surface area contributed by atoms with Crippen LogP contribution in [0, 0.1) is 12.7 Å². The summed E-state index contributed by atoms with van der Waals surface area (Å²) in [5.74, 6) is 0.725. The van der Waals surface area contributed by atoms with E-state index in [-0.39, 0.29) is 5.82 Å². The second-order valence-electron chi connectivity index (χ2n) is 5.06. The third kappa shape index (κ3) is 3.02. The molecule has 1 fully saturated rings. The smallest absolute Gasteiger partial charge is 0.258 e. The second-order valence-corrected chi connectivity index (χ2v) is 5.06. The first-order chi connectivity index (χ1) is 9.70. The number of piperazine rings is 1. The van der Waals surface area contributed by atoms with E-state index in [0.717, 1.165) is 31.7 Å². The van der Waals surface area contributed by atoms with E-state index in [9.17, 15) is 4.39 Å². The van der Waals surface area contributed by atoms with Crippen LogP contribution in [0.1, 0.15) is 11.4 Å². The van der Waals surface area contributed by atoms with Crippen LogP contribution in [0.5, 0.6) is 0 Å². The number of aryl methyl sites for hydroxylation is 1. The molecule has 0 spiro atoms. The van der Waals surface area contributed by atoms with Gasteiger partial charge >= 0.3 is 0 Å². The molecule has 0 saturated carbocycles. The number of hydrogen-bond acceptors (Lipinski definition) is 5. The molecule has 0 atom stereocenters. The number of rotatable bonds is 3. The van der Waals surface area contributed by atoms with E-state index < -0.39 is 0 Å². The maximum atomic E-state index is 13.4. The van der Waals surface area contributed by atoms with Crippen molar-refractivity contribution in [1.82, 2.24) is 20.4 Å². The fraction of sp³-hybridized carbons (Fsp3) is 0.429. The molecule has 2 heterocycles. The summed E-state index contributed by atoms with van der Waals surface area (Å²) in [6, 6.07) is 4.72. The number of hydrogen-bond donors (Lipinski definition) is 1. The van der Waals surface area contributed by atoms with Crippen LogP contribution in [-0.4, -0.2) is 41.2 Å². The van der Waals surface area contributed by atoms with Gasteiger partial charge in [-0.1, -0.05) is 5.16 Å². The van der Waals surface area contributed by atoms with E-state index in [0.29, 0.717) is 23.8 Å². The van der Waals surface area contributed by atoms with Gasteiger partial charge in [-0.2, -0.15) is 4.98 Å². The first-order valence-corrected chi connectivity index (χ1v) is 6.74. The van der Waals surface area contributed by atoms with Crippen molar-refractivity contribution in [3.05, 3.63) is 35.4 Å². The van der Waals surface area contributed by atoms with E-state index in [1.807, 2.05) is 13.0 Å². The van der Waals surface area contributed by atoms with Crippen LogP contribution in [-0.2, 0) is 6.54 Å². The third-order valence-corrected chi connectivity index (χ3v) is 3.33. The Bertz CT molecular complexity index is 572. The molecule has 0 unspecified atom stereocenters. The number of nitrogens with zero attached hydrogens (tertiary/aromatic N) is 3. The molecule has 6 heteroatoms. The van der Waals surface area contributed by atoms with E-state index >= 15 is 0 Å². The molecule has 1 aromatic carbocycles. The molecule has 5 nitrogen and oxygen atoms in total. The molecule has 1 aliphatic rings. The Morgan fingerprint density at radius 2 is 2.10 bits per heavy atom. The Morgan fingerprint density at radius 3 is 2.85 bits per heavy atom. The van der Waals surface area contributed by atoms with Crippen LogP contribution in [0.15, 0.2) is 22.7 Å². The van der Waals surface area contributed by atoms with E-state index in [2.05, 4.69) is 20.4 Å². The third-order valence-electron chi connectivity index (χ3n) is 3.33. The highest BCUT2D eigenvalue weighted by Gasteiger charge is 2.15. The Balaban J connectivity index is 1.75. The van der Waals surface area contributed by atoms with Crippen LogP contribution < -0.4 is 5.32 Å². The van der Waals surface area contributed by atoms with Crippen molar-refractivity contribution in [3.63, 3.8) is 0 Å². The van der Waals surface area contributed by atoms with Crippen molar-refractivity contribution in [2.45, 2.75) is 13.5 Å². The maximum Gasteiger partial charge on any atom is 0.258 e. The summed E-state index contributed by atoms with van der Waals surface area (Å²) in [5.41, 5.74) is 1.46. The number of benzene rings is 1. The molecule has 1 aliphatic heterocycles. The summed E-state index contributed by atoms with van der Waals surface area (Å²) in [6.07, 6.45) is 0. The molecule has 1 saturated heterocycles. The quantitative estimate of drug-likeness (QED) is 0.922. The maximum absolute atomic E-state index is 13.4. The molecule has 0 radical (unpaired) electrons. The zero-order chi connectivity index (χ0) is 13.9. The van der Waals surface area contributed by atoms with Crippen molar-refractivity contribution >= 4 is 0 Å². The Labute approximate surface area is 116 Å². The van der Waals surface area contributed by atoms with Crippen LogP contribution >= 0.6 is 0 Å². The standard InChI is InChI=1S/C14H17FN4O/c1-10-6-11(8-12(15)7-10)14-17-13(18-20-14)9-19-4-2-16-3-5-19/h6-8,16H,2-5,9H2,1H3. The van der Waals surface area contributed by atoms with Gasteiger partial charge in [-0.05, 0) is 30.7 Å². The SMILES string of the molecule is Cc1cc(F)cc(-c2nc(CN3CCNCC3)no2)c1. The fourth-order valence-electron chi connectivity index (χ4n) is 2.36. The average Bonchev–Trinajstić information content (AvgIpc) is 2.87. The topological polar surface area (TPSA) is 54.2 Å². The van der Waals surface area contributed by atoms with Crippen LogP contribution in [0.4, 0.5) is 4.39 Å². The normalized spacial score (nSPS) is 16.5. The number of aromatic nitrogens is 2. The van der Waals surface area contributed by atoms with Crippen LogP contribution in [0.3, 0.4) is 0 Å². The van der Waals surface area contributed by atoms with Gasteiger partial charge in [-0.15, -0.1) is 0 Å². The van der Waals surface area contributed by atoms with Crippen molar-refractivity contribution in [2.75, 3.05) is 26.2 Å². The Morgan fingerprint density at radius 1 is 1.30 bits per heavy atom. The van der Waals surface area contributed by atoms with Crippen LogP contribution in [0.2, 0.25) is 0 Å². The Hall–Kier alpha value is -1.79. The largest absolute Gasteiger partial charge is 0.334 e. The molecule has 3 rings (SSSR count). The van der Waals surface area contributed by atoms with Crippen molar-refractivity contribution in [2.24, 2.45) is 0 Å². The molecular formula is C14H17FN4O. The van der Waals surface area contributed by atoms with Gasteiger partial charge in [0, 0.05) is 31.7 Å². The predicted octanol–water partition coefficient (Wildman–Crippen LogP) is 1.59. The molecule has 1 aromatic heterocycles. The molecule has 0 bridgehead atoms. The van der Waals surface area contributed by atoms with Crippen molar-refractivity contribution in [1.29, 1.82) is 0 Å². The van der Waals surface area contributed by atoms with Gasteiger partial charge < -0.3 is 9.84 Å². The second kappa shape index (κ2) is 5.68. The van der Waals surface area contributed by atoms with Gasteiger partial charge in [-0.25, -0.2) is 4.39 Å². The van der Waals surface area contributed by atoms with Gasteiger partial charge in [0.05, 0.1) is 6.54 Å². The number of nitrogens with one attached hydrogen (secondary N) is 1. The average molecular weight is 276 g/mol. The monoisotopic (exact) mass is 276 g/mol. The molecule has 0 aliphatic carbocycles. The molecule has 1 N–H and O–H groups in total. The zero-order valence-electron chi connectivity index (χ0n) is 11.4. The summed E-state index contributed by atoms with van der Waals surface area (Å²) in [5, 5.41) is 7.27. The number of halogens is 1. The molecule has 2 aromatic rings. The summed E-state index contributed by atoms with van der Waals surface area (Å²) in [7, 11) is 0. The molecule has 0 amide bonds. The fourth-order valence-corrected chi connectivity index (χ4v) is 2.36. The lowest BCUT2D eigenvalue weighted by atomic mass is 10.1. The molecular weight excluding hydrogens is 259 g/mol. The lowest BCUT2D eigenvalue weighted by Gasteiger charge is -2.25.